The number of aromatic nitrogens is 4. The fraction of sp³-hybridized carbons (Fsp3) is 0.533. The van der Waals surface area contributed by atoms with Crippen LogP contribution >= 0.6 is 0 Å². The van der Waals surface area contributed by atoms with Gasteiger partial charge in [0.1, 0.15) is 5.69 Å². The van der Waals surface area contributed by atoms with Crippen molar-refractivity contribution in [1.82, 2.24) is 19.6 Å². The number of nitrogens with zero attached hydrogens (tertiary/aromatic N) is 4. The van der Waals surface area contributed by atoms with Gasteiger partial charge in [0.2, 0.25) is 0 Å². The van der Waals surface area contributed by atoms with Crippen LogP contribution in [0.1, 0.15) is 55.0 Å². The van der Waals surface area contributed by atoms with Crippen molar-refractivity contribution >= 4 is 6.29 Å². The van der Waals surface area contributed by atoms with E-state index in [2.05, 4.69) is 31.0 Å². The lowest BCUT2D eigenvalue weighted by molar-refractivity contribution is 0.112. The summed E-state index contributed by atoms with van der Waals surface area (Å²) in [7, 11) is 0. The first kappa shape index (κ1) is 14.5. The third-order valence-electron chi connectivity index (χ3n) is 3.85. The lowest BCUT2D eigenvalue weighted by atomic mass is 10.1. The van der Waals surface area contributed by atoms with Gasteiger partial charge in [-0.3, -0.25) is 14.2 Å². The zero-order valence-electron chi connectivity index (χ0n) is 12.8. The third kappa shape index (κ3) is 2.28. The lowest BCUT2D eigenvalue weighted by Gasteiger charge is -2.08. The van der Waals surface area contributed by atoms with Crippen molar-refractivity contribution in [2.45, 2.75) is 53.6 Å². The van der Waals surface area contributed by atoms with Gasteiger partial charge in [-0.25, -0.2) is 0 Å². The minimum Gasteiger partial charge on any atom is -0.298 e. The van der Waals surface area contributed by atoms with Crippen LogP contribution < -0.4 is 0 Å². The van der Waals surface area contributed by atoms with Crippen LogP contribution in [-0.2, 0) is 6.54 Å². The Morgan fingerprint density at radius 3 is 2.50 bits per heavy atom. The van der Waals surface area contributed by atoms with Crippen LogP contribution in [0.5, 0.6) is 0 Å². The van der Waals surface area contributed by atoms with Crippen LogP contribution in [0.4, 0.5) is 0 Å². The molecule has 0 radical (unpaired) electrons. The minimum atomic E-state index is 0.282. The Morgan fingerprint density at radius 2 is 2.00 bits per heavy atom. The topological polar surface area (TPSA) is 52.7 Å². The molecule has 2 heterocycles. The molecule has 2 aromatic rings. The maximum absolute atomic E-state index is 11.3. The Morgan fingerprint density at radius 1 is 1.30 bits per heavy atom. The molecule has 0 fully saturated rings. The Bertz CT molecular complexity index is 624. The maximum Gasteiger partial charge on any atom is 0.153 e. The molecule has 108 valence electrons. The zero-order valence-corrected chi connectivity index (χ0v) is 12.8. The summed E-state index contributed by atoms with van der Waals surface area (Å²) in [5, 5.41) is 9.13. The molecular formula is C15H22N4O. The smallest absolute Gasteiger partial charge is 0.153 e. The summed E-state index contributed by atoms with van der Waals surface area (Å²) in [5.74, 6) is 0. The Balaban J connectivity index is 2.60. The van der Waals surface area contributed by atoms with E-state index in [9.17, 15) is 4.79 Å². The second-order valence-corrected chi connectivity index (χ2v) is 5.15. The molecule has 0 aliphatic heterocycles. The summed E-state index contributed by atoms with van der Waals surface area (Å²) in [4.78, 5) is 11.3. The molecule has 1 unspecified atom stereocenters. The standard InChI is InChI=1S/C15H22N4O/c1-6-10(3)19-8-13(9-20)15(17-19)14-11(4)16-18(7-2)12(14)5/h8-10H,6-7H2,1-5H3. The predicted molar refractivity (Wildman–Crippen MR) is 79.0 cm³/mol. The second kappa shape index (κ2) is 5.61. The van der Waals surface area contributed by atoms with E-state index in [4.69, 9.17) is 0 Å². The van der Waals surface area contributed by atoms with Crippen molar-refractivity contribution in [1.29, 1.82) is 0 Å². The molecule has 0 aliphatic rings. The molecule has 0 aromatic carbocycles. The Labute approximate surface area is 119 Å². The van der Waals surface area contributed by atoms with Crippen molar-refractivity contribution in [2.24, 2.45) is 0 Å². The van der Waals surface area contributed by atoms with Gasteiger partial charge in [-0.15, -0.1) is 0 Å². The van der Waals surface area contributed by atoms with Crippen LogP contribution in [0.15, 0.2) is 6.20 Å². The van der Waals surface area contributed by atoms with Crippen molar-refractivity contribution in [2.75, 3.05) is 0 Å². The first-order chi connectivity index (χ1) is 9.53. The molecule has 0 amide bonds. The molecule has 5 heteroatoms. The van der Waals surface area contributed by atoms with Crippen LogP contribution in [0.25, 0.3) is 11.3 Å². The molecule has 2 aromatic heterocycles. The normalized spacial score (nSPS) is 12.7. The van der Waals surface area contributed by atoms with Crippen LogP contribution in [0.3, 0.4) is 0 Å². The number of rotatable bonds is 5. The second-order valence-electron chi connectivity index (χ2n) is 5.15. The average Bonchev–Trinajstić information content (AvgIpc) is 2.98. The molecule has 5 nitrogen and oxygen atoms in total. The van der Waals surface area contributed by atoms with Crippen molar-refractivity contribution in [3.63, 3.8) is 0 Å². The lowest BCUT2D eigenvalue weighted by Crippen LogP contribution is -2.04. The Hall–Kier alpha value is -1.91. The number of aryl methyl sites for hydroxylation is 2. The molecule has 0 N–H and O–H groups in total. The molecule has 0 spiro atoms. The molecular weight excluding hydrogens is 252 g/mol. The average molecular weight is 274 g/mol. The third-order valence-corrected chi connectivity index (χ3v) is 3.85. The minimum absolute atomic E-state index is 0.282. The van der Waals surface area contributed by atoms with E-state index in [-0.39, 0.29) is 6.04 Å². The van der Waals surface area contributed by atoms with Crippen molar-refractivity contribution in [3.8, 4) is 11.3 Å². The van der Waals surface area contributed by atoms with E-state index >= 15 is 0 Å². The highest BCUT2D eigenvalue weighted by Gasteiger charge is 2.20. The molecule has 20 heavy (non-hydrogen) atoms. The van der Waals surface area contributed by atoms with E-state index in [1.807, 2.05) is 29.4 Å². The molecule has 0 aliphatic carbocycles. The van der Waals surface area contributed by atoms with Crippen LogP contribution in [-0.4, -0.2) is 25.8 Å². The monoisotopic (exact) mass is 274 g/mol. The number of hydrogen-bond donors (Lipinski definition) is 0. The number of carbonyl (C=O) groups excluding carboxylic acids is 1. The summed E-state index contributed by atoms with van der Waals surface area (Å²) >= 11 is 0. The Kier molecular flexibility index (Phi) is 4.06. The maximum atomic E-state index is 11.3. The van der Waals surface area contributed by atoms with Crippen molar-refractivity contribution in [3.05, 3.63) is 23.1 Å². The SMILES string of the molecule is CCC(C)n1cc(C=O)c(-c2c(C)nn(CC)c2C)n1. The largest absolute Gasteiger partial charge is 0.298 e. The van der Waals surface area contributed by atoms with E-state index in [0.717, 1.165) is 41.9 Å². The van der Waals surface area contributed by atoms with Crippen molar-refractivity contribution < 1.29 is 4.79 Å². The van der Waals surface area contributed by atoms with Gasteiger partial charge in [-0.1, -0.05) is 6.92 Å². The quantitative estimate of drug-likeness (QED) is 0.787. The number of hydrogen-bond acceptors (Lipinski definition) is 3. The summed E-state index contributed by atoms with van der Waals surface area (Å²) in [5.41, 5.74) is 4.34. The molecule has 2 rings (SSSR count). The van der Waals surface area contributed by atoms with Gasteiger partial charge in [0.15, 0.2) is 6.29 Å². The summed E-state index contributed by atoms with van der Waals surface area (Å²) < 4.78 is 3.82. The van der Waals surface area contributed by atoms with E-state index in [1.54, 1.807) is 0 Å². The van der Waals surface area contributed by atoms with Gasteiger partial charge in [0.25, 0.3) is 0 Å². The predicted octanol–water partition coefficient (Wildman–Crippen LogP) is 3.17. The summed E-state index contributed by atoms with van der Waals surface area (Å²) in [6, 6.07) is 0.282. The van der Waals surface area contributed by atoms with Crippen LogP contribution in [0.2, 0.25) is 0 Å². The molecule has 0 saturated carbocycles. The van der Waals surface area contributed by atoms with Gasteiger partial charge in [0.05, 0.1) is 11.3 Å². The van der Waals surface area contributed by atoms with Gasteiger partial charge < -0.3 is 0 Å². The van der Waals surface area contributed by atoms with Crippen LogP contribution in [0, 0.1) is 13.8 Å². The van der Waals surface area contributed by atoms with Gasteiger partial charge in [-0.2, -0.15) is 10.2 Å². The first-order valence-corrected chi connectivity index (χ1v) is 7.12. The summed E-state index contributed by atoms with van der Waals surface area (Å²) in [6.07, 6.45) is 3.69. The number of carbonyl (C=O) groups is 1. The number of aldehydes is 1. The highest BCUT2D eigenvalue weighted by molar-refractivity contribution is 5.86. The van der Waals surface area contributed by atoms with Gasteiger partial charge in [0, 0.05) is 30.0 Å². The van der Waals surface area contributed by atoms with E-state index in [1.165, 1.54) is 0 Å². The zero-order chi connectivity index (χ0) is 14.9. The fourth-order valence-electron chi connectivity index (χ4n) is 2.45. The molecule has 0 bridgehead atoms. The van der Waals surface area contributed by atoms with Gasteiger partial charge >= 0.3 is 0 Å². The fourth-order valence-corrected chi connectivity index (χ4v) is 2.45. The highest BCUT2D eigenvalue weighted by atomic mass is 16.1. The first-order valence-electron chi connectivity index (χ1n) is 7.12. The molecule has 0 saturated heterocycles. The van der Waals surface area contributed by atoms with E-state index in [0.29, 0.717) is 5.56 Å². The molecule has 1 atom stereocenters. The highest BCUT2D eigenvalue weighted by Crippen LogP contribution is 2.29. The van der Waals surface area contributed by atoms with Gasteiger partial charge in [-0.05, 0) is 34.1 Å². The van der Waals surface area contributed by atoms with E-state index < -0.39 is 0 Å². The summed E-state index contributed by atoms with van der Waals surface area (Å²) in [6.45, 7) is 11.1.